The van der Waals surface area contributed by atoms with Gasteiger partial charge in [0.05, 0.1) is 0 Å². The molecule has 2 rings (SSSR count). The lowest BCUT2D eigenvalue weighted by Crippen LogP contribution is -2.11. The lowest BCUT2D eigenvalue weighted by molar-refractivity contribution is 0.710. The summed E-state index contributed by atoms with van der Waals surface area (Å²) in [7, 11) is 0. The molecular weight excluding hydrogens is 236 g/mol. The molecule has 0 bridgehead atoms. The Hall–Kier alpha value is -0.840. The summed E-state index contributed by atoms with van der Waals surface area (Å²) in [6.07, 6.45) is 1.13. The molecule has 0 aliphatic carbocycles. The third-order valence-electron chi connectivity index (χ3n) is 2.43. The van der Waals surface area contributed by atoms with Gasteiger partial charge in [-0.2, -0.15) is 0 Å². The summed E-state index contributed by atoms with van der Waals surface area (Å²) in [5.41, 5.74) is 6.72. The second kappa shape index (κ2) is 5.48. The molecule has 2 heterocycles. The first-order valence-corrected chi connectivity index (χ1v) is 7.09. The molecule has 0 saturated heterocycles. The molecule has 2 aromatic rings. The number of nitrogens with two attached hydrogens (primary N) is 1. The van der Waals surface area contributed by atoms with Gasteiger partial charge in [0.2, 0.25) is 0 Å². The molecule has 2 aromatic heterocycles. The zero-order valence-corrected chi connectivity index (χ0v) is 11.0. The number of aryl methyl sites for hydroxylation is 1. The van der Waals surface area contributed by atoms with E-state index in [9.17, 15) is 0 Å². The Morgan fingerprint density at radius 2 is 2.00 bits per heavy atom. The number of anilines is 1. The van der Waals surface area contributed by atoms with Gasteiger partial charge in [0.15, 0.2) is 0 Å². The van der Waals surface area contributed by atoms with Crippen LogP contribution in [0.2, 0.25) is 0 Å². The molecule has 3 N–H and O–H groups in total. The van der Waals surface area contributed by atoms with Crippen LogP contribution < -0.4 is 11.1 Å². The predicted octanol–water partition coefficient (Wildman–Crippen LogP) is 3.24. The molecule has 0 spiro atoms. The number of thiophene rings is 2. The second-order valence-corrected chi connectivity index (χ2v) is 5.88. The van der Waals surface area contributed by atoms with Gasteiger partial charge in [-0.25, -0.2) is 0 Å². The topological polar surface area (TPSA) is 38.0 Å². The van der Waals surface area contributed by atoms with E-state index < -0.39 is 0 Å². The molecule has 4 heteroatoms. The van der Waals surface area contributed by atoms with E-state index in [4.69, 9.17) is 5.73 Å². The Balaban J connectivity index is 1.82. The average Bonchev–Trinajstić information content (AvgIpc) is 2.89. The Bertz CT molecular complexity index is 445. The van der Waals surface area contributed by atoms with E-state index in [1.807, 2.05) is 22.8 Å². The molecule has 86 valence electrons. The third kappa shape index (κ3) is 2.84. The fourth-order valence-electron chi connectivity index (χ4n) is 1.50. The minimum absolute atomic E-state index is 0.864. The summed E-state index contributed by atoms with van der Waals surface area (Å²) in [5, 5.41) is 5.46. The van der Waals surface area contributed by atoms with Crippen LogP contribution in [0, 0.1) is 0 Å². The van der Waals surface area contributed by atoms with Crippen LogP contribution in [0.15, 0.2) is 23.6 Å². The van der Waals surface area contributed by atoms with Gasteiger partial charge < -0.3 is 11.1 Å². The molecule has 0 saturated carbocycles. The molecule has 0 amide bonds. The quantitative estimate of drug-likeness (QED) is 0.857. The SMILES string of the molecule is CCc1ccc(CNCc2sccc2N)s1. The third-order valence-corrected chi connectivity index (χ3v) is 4.60. The zero-order chi connectivity index (χ0) is 11.4. The first kappa shape index (κ1) is 11.6. The van der Waals surface area contributed by atoms with E-state index in [-0.39, 0.29) is 0 Å². The van der Waals surface area contributed by atoms with E-state index in [2.05, 4.69) is 24.4 Å². The number of nitrogens with one attached hydrogen (secondary N) is 1. The van der Waals surface area contributed by atoms with Gasteiger partial charge in [0.1, 0.15) is 0 Å². The first-order valence-electron chi connectivity index (χ1n) is 5.39. The maximum atomic E-state index is 5.82. The fraction of sp³-hybridized carbons (Fsp3) is 0.333. The molecule has 0 aromatic carbocycles. The van der Waals surface area contributed by atoms with Crippen molar-refractivity contribution in [2.24, 2.45) is 0 Å². The van der Waals surface area contributed by atoms with Crippen LogP contribution in [0.5, 0.6) is 0 Å². The van der Waals surface area contributed by atoms with Crippen LogP contribution in [0.25, 0.3) is 0 Å². The molecule has 0 fully saturated rings. The van der Waals surface area contributed by atoms with E-state index in [0.717, 1.165) is 25.2 Å². The highest BCUT2D eigenvalue weighted by molar-refractivity contribution is 7.12. The highest BCUT2D eigenvalue weighted by atomic mass is 32.1. The van der Waals surface area contributed by atoms with Crippen molar-refractivity contribution in [1.82, 2.24) is 5.32 Å². The maximum absolute atomic E-state index is 5.82. The Labute approximate surface area is 104 Å². The van der Waals surface area contributed by atoms with Crippen molar-refractivity contribution in [1.29, 1.82) is 0 Å². The highest BCUT2D eigenvalue weighted by Crippen LogP contribution is 2.19. The summed E-state index contributed by atoms with van der Waals surface area (Å²) >= 11 is 3.59. The molecule has 0 unspecified atom stereocenters. The lowest BCUT2D eigenvalue weighted by Gasteiger charge is -2.01. The van der Waals surface area contributed by atoms with E-state index in [1.165, 1.54) is 14.6 Å². The van der Waals surface area contributed by atoms with Crippen molar-refractivity contribution in [3.8, 4) is 0 Å². The molecule has 0 aliphatic heterocycles. The molecule has 0 atom stereocenters. The van der Waals surface area contributed by atoms with Crippen molar-refractivity contribution >= 4 is 28.4 Å². The molecular formula is C12H16N2S2. The van der Waals surface area contributed by atoms with E-state index in [0.29, 0.717) is 0 Å². The van der Waals surface area contributed by atoms with Gasteiger partial charge >= 0.3 is 0 Å². The predicted molar refractivity (Wildman–Crippen MR) is 73.0 cm³/mol. The van der Waals surface area contributed by atoms with Crippen LogP contribution in [0.1, 0.15) is 21.6 Å². The average molecular weight is 252 g/mol. The summed E-state index contributed by atoms with van der Waals surface area (Å²) in [5.74, 6) is 0. The van der Waals surface area contributed by atoms with Crippen LogP contribution >= 0.6 is 22.7 Å². The van der Waals surface area contributed by atoms with Gasteiger partial charge in [-0.05, 0) is 30.0 Å². The zero-order valence-electron chi connectivity index (χ0n) is 9.32. The number of rotatable bonds is 5. The molecule has 2 nitrogen and oxygen atoms in total. The summed E-state index contributed by atoms with van der Waals surface area (Å²) in [6.45, 7) is 3.99. The van der Waals surface area contributed by atoms with Crippen LogP contribution in [-0.2, 0) is 19.5 Å². The van der Waals surface area contributed by atoms with Gasteiger partial charge in [0.25, 0.3) is 0 Å². The van der Waals surface area contributed by atoms with Crippen molar-refractivity contribution < 1.29 is 0 Å². The fourth-order valence-corrected chi connectivity index (χ4v) is 3.20. The number of hydrogen-bond acceptors (Lipinski definition) is 4. The maximum Gasteiger partial charge on any atom is 0.0468 e. The summed E-state index contributed by atoms with van der Waals surface area (Å²) in [6, 6.07) is 6.37. The van der Waals surface area contributed by atoms with Gasteiger partial charge in [-0.3, -0.25) is 0 Å². The largest absolute Gasteiger partial charge is 0.398 e. The number of hydrogen-bond donors (Lipinski definition) is 2. The monoisotopic (exact) mass is 252 g/mol. The smallest absolute Gasteiger partial charge is 0.0468 e. The van der Waals surface area contributed by atoms with E-state index in [1.54, 1.807) is 11.3 Å². The second-order valence-electron chi connectivity index (χ2n) is 3.62. The first-order chi connectivity index (χ1) is 7.79. The van der Waals surface area contributed by atoms with Crippen molar-refractivity contribution in [2.45, 2.75) is 26.4 Å². The molecule has 0 radical (unpaired) electrons. The molecule has 0 aliphatic rings. The van der Waals surface area contributed by atoms with Gasteiger partial charge in [-0.15, -0.1) is 22.7 Å². The van der Waals surface area contributed by atoms with Crippen LogP contribution in [0.3, 0.4) is 0 Å². The van der Waals surface area contributed by atoms with Crippen molar-refractivity contribution in [3.63, 3.8) is 0 Å². The molecule has 16 heavy (non-hydrogen) atoms. The minimum Gasteiger partial charge on any atom is -0.398 e. The summed E-state index contributed by atoms with van der Waals surface area (Å²) in [4.78, 5) is 4.08. The highest BCUT2D eigenvalue weighted by Gasteiger charge is 2.01. The lowest BCUT2D eigenvalue weighted by atomic mass is 10.3. The Kier molecular flexibility index (Phi) is 3.98. The van der Waals surface area contributed by atoms with E-state index >= 15 is 0 Å². The number of nitrogen functional groups attached to an aromatic ring is 1. The Morgan fingerprint density at radius 3 is 2.62 bits per heavy atom. The summed E-state index contributed by atoms with van der Waals surface area (Å²) < 4.78 is 0. The van der Waals surface area contributed by atoms with Crippen molar-refractivity contribution in [3.05, 3.63) is 38.2 Å². The van der Waals surface area contributed by atoms with Gasteiger partial charge in [-0.1, -0.05) is 6.92 Å². The normalized spacial score (nSPS) is 10.8. The standard InChI is InChI=1S/C12H16N2S2/c1-2-9-3-4-10(16-9)7-14-8-12-11(13)5-6-15-12/h3-6,14H,2,7-8,13H2,1H3. The Morgan fingerprint density at radius 1 is 1.19 bits per heavy atom. The van der Waals surface area contributed by atoms with Crippen LogP contribution in [-0.4, -0.2) is 0 Å². The van der Waals surface area contributed by atoms with Crippen molar-refractivity contribution in [2.75, 3.05) is 5.73 Å². The van der Waals surface area contributed by atoms with Gasteiger partial charge in [0, 0.05) is 33.4 Å². The van der Waals surface area contributed by atoms with Crippen LogP contribution in [0.4, 0.5) is 5.69 Å². The minimum atomic E-state index is 0.864.